The maximum atomic E-state index is 12.4. The maximum Gasteiger partial charge on any atom is 0.258 e. The summed E-state index contributed by atoms with van der Waals surface area (Å²) in [4.78, 5) is 18.9. The summed E-state index contributed by atoms with van der Waals surface area (Å²) in [7, 11) is 1.66. The van der Waals surface area contributed by atoms with Gasteiger partial charge < -0.3 is 20.0 Å². The Morgan fingerprint density at radius 3 is 2.96 bits per heavy atom. The lowest BCUT2D eigenvalue weighted by Crippen LogP contribution is -2.11. The number of hydrogen-bond donors (Lipinski definition) is 2. The largest absolute Gasteiger partial charge is 0.342 e. The molecule has 0 saturated heterocycles. The van der Waals surface area contributed by atoms with Crippen LogP contribution in [0.5, 0.6) is 0 Å². The van der Waals surface area contributed by atoms with Gasteiger partial charge >= 0.3 is 0 Å². The second kappa shape index (κ2) is 6.21. The minimum atomic E-state index is -0.246. The van der Waals surface area contributed by atoms with Crippen LogP contribution < -0.4 is 5.56 Å². The molecular weight excluding hydrogens is 290 g/mol. The number of aromatic nitrogens is 2. The summed E-state index contributed by atoms with van der Waals surface area (Å²) >= 11 is 0. The van der Waals surface area contributed by atoms with Crippen LogP contribution in [0.4, 0.5) is 0 Å². The molecule has 0 unspecified atom stereocenters. The molecule has 118 valence electrons. The van der Waals surface area contributed by atoms with Gasteiger partial charge in [0.25, 0.3) is 5.56 Å². The molecule has 0 radical (unpaired) electrons. The SMILES string of the molecule is CN=CCC(=N)c1cn(C2CCCC2)c2c(C#N)c[nH]c(=O)c12. The van der Waals surface area contributed by atoms with E-state index in [4.69, 9.17) is 5.41 Å². The van der Waals surface area contributed by atoms with Gasteiger partial charge in [-0.2, -0.15) is 5.26 Å². The molecule has 23 heavy (non-hydrogen) atoms. The zero-order valence-corrected chi connectivity index (χ0v) is 13.1. The van der Waals surface area contributed by atoms with E-state index in [0.29, 0.717) is 40.2 Å². The van der Waals surface area contributed by atoms with E-state index < -0.39 is 0 Å². The van der Waals surface area contributed by atoms with E-state index >= 15 is 0 Å². The third kappa shape index (κ3) is 2.59. The highest BCUT2D eigenvalue weighted by atomic mass is 16.1. The highest BCUT2D eigenvalue weighted by Gasteiger charge is 2.24. The molecule has 0 spiro atoms. The molecule has 0 atom stereocenters. The van der Waals surface area contributed by atoms with Crippen LogP contribution in [0, 0.1) is 16.7 Å². The normalized spacial score (nSPS) is 15.5. The second-order valence-corrected chi connectivity index (χ2v) is 5.88. The van der Waals surface area contributed by atoms with Crippen molar-refractivity contribution in [2.75, 3.05) is 7.05 Å². The number of nitrogens with one attached hydrogen (secondary N) is 2. The number of nitriles is 1. The molecule has 1 fully saturated rings. The van der Waals surface area contributed by atoms with Crippen LogP contribution >= 0.6 is 0 Å². The fourth-order valence-electron chi connectivity index (χ4n) is 3.38. The van der Waals surface area contributed by atoms with Gasteiger partial charge in [-0.15, -0.1) is 0 Å². The fraction of sp³-hybridized carbons (Fsp3) is 0.412. The Labute approximate surface area is 134 Å². The smallest absolute Gasteiger partial charge is 0.258 e. The first-order valence-electron chi connectivity index (χ1n) is 7.82. The number of H-pyrrole nitrogens is 1. The van der Waals surface area contributed by atoms with Crippen LogP contribution in [0.3, 0.4) is 0 Å². The van der Waals surface area contributed by atoms with Crippen LogP contribution in [0.2, 0.25) is 0 Å². The number of fused-ring (bicyclic) bond motifs is 1. The average molecular weight is 309 g/mol. The second-order valence-electron chi connectivity index (χ2n) is 5.88. The summed E-state index contributed by atoms with van der Waals surface area (Å²) in [5.74, 6) is 0. The summed E-state index contributed by atoms with van der Waals surface area (Å²) in [5, 5.41) is 18.2. The van der Waals surface area contributed by atoms with Crippen molar-refractivity contribution in [3.63, 3.8) is 0 Å². The molecule has 0 amide bonds. The number of nitrogens with zero attached hydrogens (tertiary/aromatic N) is 3. The van der Waals surface area contributed by atoms with Crippen molar-refractivity contribution in [3.05, 3.63) is 33.9 Å². The number of aromatic amines is 1. The Bertz CT molecular complexity index is 875. The van der Waals surface area contributed by atoms with Crippen molar-refractivity contribution in [1.29, 1.82) is 10.7 Å². The molecule has 1 saturated carbocycles. The molecular formula is C17H19N5O. The first-order chi connectivity index (χ1) is 11.2. The lowest BCUT2D eigenvalue weighted by atomic mass is 10.1. The fourth-order valence-corrected chi connectivity index (χ4v) is 3.38. The van der Waals surface area contributed by atoms with Crippen molar-refractivity contribution in [3.8, 4) is 6.07 Å². The van der Waals surface area contributed by atoms with Gasteiger partial charge in [-0.3, -0.25) is 4.79 Å². The lowest BCUT2D eigenvalue weighted by molar-refractivity contribution is 0.535. The van der Waals surface area contributed by atoms with Crippen molar-refractivity contribution < 1.29 is 0 Å². The van der Waals surface area contributed by atoms with Crippen LogP contribution in [0.25, 0.3) is 10.9 Å². The molecule has 0 aliphatic heterocycles. The lowest BCUT2D eigenvalue weighted by Gasteiger charge is -2.13. The van der Waals surface area contributed by atoms with Gasteiger partial charge in [-0.05, 0) is 12.8 Å². The molecule has 2 aromatic heterocycles. The van der Waals surface area contributed by atoms with Crippen molar-refractivity contribution in [1.82, 2.24) is 9.55 Å². The molecule has 1 aliphatic rings. The summed E-state index contributed by atoms with van der Waals surface area (Å²) in [5.41, 5.74) is 1.82. The van der Waals surface area contributed by atoms with Gasteiger partial charge in [0.15, 0.2) is 0 Å². The monoisotopic (exact) mass is 309 g/mol. The van der Waals surface area contributed by atoms with Gasteiger partial charge in [-0.1, -0.05) is 12.8 Å². The molecule has 2 heterocycles. The standard InChI is InChI=1S/C17H19N5O/c1-20-7-6-14(19)13-10-22(12-4-2-3-5-12)16-11(8-18)9-21-17(23)15(13)16/h7,9-10,12,19H,2-6H2,1H3,(H,21,23). The average Bonchev–Trinajstić information content (AvgIpc) is 3.20. The van der Waals surface area contributed by atoms with Gasteiger partial charge in [-0.25, -0.2) is 0 Å². The number of hydrogen-bond acceptors (Lipinski definition) is 4. The van der Waals surface area contributed by atoms with E-state index in [2.05, 4.69) is 16.0 Å². The van der Waals surface area contributed by atoms with E-state index in [1.165, 1.54) is 6.20 Å². The zero-order valence-electron chi connectivity index (χ0n) is 13.1. The topological polar surface area (TPSA) is 97.8 Å². The third-order valence-electron chi connectivity index (χ3n) is 4.50. The highest BCUT2D eigenvalue weighted by Crippen LogP contribution is 2.34. The predicted octanol–water partition coefficient (Wildman–Crippen LogP) is 2.77. The third-order valence-corrected chi connectivity index (χ3v) is 4.50. The predicted molar refractivity (Wildman–Crippen MR) is 90.6 cm³/mol. The summed E-state index contributed by atoms with van der Waals surface area (Å²) in [6, 6.07) is 2.47. The highest BCUT2D eigenvalue weighted by molar-refractivity contribution is 6.13. The van der Waals surface area contributed by atoms with Crippen molar-refractivity contribution in [2.45, 2.75) is 38.1 Å². The number of aliphatic imine (C=N–C) groups is 1. The number of rotatable bonds is 4. The zero-order chi connectivity index (χ0) is 16.4. The Hall–Kier alpha value is -2.68. The molecule has 0 bridgehead atoms. The minimum absolute atomic E-state index is 0.246. The molecule has 2 aromatic rings. The van der Waals surface area contributed by atoms with Crippen LogP contribution in [-0.4, -0.2) is 28.5 Å². The summed E-state index contributed by atoms with van der Waals surface area (Å²) < 4.78 is 2.04. The van der Waals surface area contributed by atoms with Gasteiger partial charge in [0, 0.05) is 49.4 Å². The van der Waals surface area contributed by atoms with E-state index in [1.54, 1.807) is 13.3 Å². The first kappa shape index (κ1) is 15.2. The minimum Gasteiger partial charge on any atom is -0.342 e. The van der Waals surface area contributed by atoms with E-state index in [1.807, 2.05) is 10.8 Å². The van der Waals surface area contributed by atoms with Gasteiger partial charge in [0.05, 0.1) is 16.5 Å². The van der Waals surface area contributed by atoms with E-state index in [9.17, 15) is 10.1 Å². The van der Waals surface area contributed by atoms with Crippen LogP contribution in [0.15, 0.2) is 22.2 Å². The first-order valence-corrected chi connectivity index (χ1v) is 7.82. The quantitative estimate of drug-likeness (QED) is 0.849. The molecule has 6 heteroatoms. The Balaban J connectivity index is 2.27. The van der Waals surface area contributed by atoms with Gasteiger partial charge in [0.1, 0.15) is 6.07 Å². The number of pyridine rings is 1. The summed E-state index contributed by atoms with van der Waals surface area (Å²) in [6.45, 7) is 0. The maximum absolute atomic E-state index is 12.4. The molecule has 6 nitrogen and oxygen atoms in total. The van der Waals surface area contributed by atoms with E-state index in [0.717, 1.165) is 25.7 Å². The van der Waals surface area contributed by atoms with Crippen LogP contribution in [0.1, 0.15) is 49.3 Å². The molecule has 3 rings (SSSR count). The Kier molecular flexibility index (Phi) is 4.11. The molecule has 0 aromatic carbocycles. The molecule has 1 aliphatic carbocycles. The van der Waals surface area contributed by atoms with Crippen molar-refractivity contribution in [2.24, 2.45) is 4.99 Å². The molecule has 2 N–H and O–H groups in total. The summed E-state index contributed by atoms with van der Waals surface area (Å²) in [6.07, 6.45) is 9.78. The Morgan fingerprint density at radius 1 is 1.57 bits per heavy atom. The van der Waals surface area contributed by atoms with E-state index in [-0.39, 0.29) is 5.56 Å². The van der Waals surface area contributed by atoms with Crippen LogP contribution in [-0.2, 0) is 0 Å². The van der Waals surface area contributed by atoms with Gasteiger partial charge in [0.2, 0.25) is 0 Å². The Morgan fingerprint density at radius 2 is 2.30 bits per heavy atom. The van der Waals surface area contributed by atoms with Crippen molar-refractivity contribution >= 4 is 22.8 Å².